The molecule has 0 radical (unpaired) electrons. The zero-order valence-corrected chi connectivity index (χ0v) is 21.8. The lowest BCUT2D eigenvalue weighted by Gasteiger charge is -2.61. The molecule has 36 heavy (non-hydrogen) atoms. The number of nitrogens with two attached hydrogens (primary N) is 4. The molecule has 5 unspecified atom stereocenters. The molecule has 8 heteroatoms. The summed E-state index contributed by atoms with van der Waals surface area (Å²) < 4.78 is 0. The van der Waals surface area contributed by atoms with Crippen LogP contribution in [0.2, 0.25) is 0 Å². The third-order valence-electron chi connectivity index (χ3n) is 9.72. The third kappa shape index (κ3) is 4.50. The van der Waals surface area contributed by atoms with Gasteiger partial charge in [-0.3, -0.25) is 9.79 Å². The van der Waals surface area contributed by atoms with Crippen molar-refractivity contribution in [1.82, 2.24) is 9.80 Å². The van der Waals surface area contributed by atoms with Gasteiger partial charge in [-0.05, 0) is 86.9 Å². The Morgan fingerprint density at radius 2 is 1.86 bits per heavy atom. The lowest BCUT2D eigenvalue weighted by atomic mass is 9.43. The van der Waals surface area contributed by atoms with Gasteiger partial charge in [-0.25, -0.2) is 0 Å². The van der Waals surface area contributed by atoms with Crippen LogP contribution in [0.25, 0.3) is 0 Å². The molecule has 1 saturated heterocycles. The fourth-order valence-electron chi connectivity index (χ4n) is 7.72. The van der Waals surface area contributed by atoms with Gasteiger partial charge in [0.15, 0.2) is 0 Å². The molecular formula is C28H43N7O. The van der Waals surface area contributed by atoms with Crippen LogP contribution in [0, 0.1) is 23.2 Å². The van der Waals surface area contributed by atoms with Crippen molar-refractivity contribution in [2.75, 3.05) is 45.5 Å². The van der Waals surface area contributed by atoms with E-state index in [9.17, 15) is 4.79 Å². The van der Waals surface area contributed by atoms with Crippen molar-refractivity contribution >= 4 is 17.4 Å². The summed E-state index contributed by atoms with van der Waals surface area (Å²) in [6.07, 6.45) is 6.00. The topological polar surface area (TPSA) is 140 Å². The van der Waals surface area contributed by atoms with Gasteiger partial charge in [-0.15, -0.1) is 0 Å². The van der Waals surface area contributed by atoms with Crippen LogP contribution in [0.1, 0.15) is 49.7 Å². The first-order valence-electron chi connectivity index (χ1n) is 13.5. The fourth-order valence-corrected chi connectivity index (χ4v) is 7.72. The van der Waals surface area contributed by atoms with Gasteiger partial charge in [0.25, 0.3) is 0 Å². The summed E-state index contributed by atoms with van der Waals surface area (Å²) in [4.78, 5) is 22.6. The molecule has 8 nitrogen and oxygen atoms in total. The van der Waals surface area contributed by atoms with Gasteiger partial charge in [-0.2, -0.15) is 0 Å². The maximum atomic E-state index is 12.7. The molecule has 6 rings (SSSR count). The van der Waals surface area contributed by atoms with Crippen LogP contribution in [0.3, 0.4) is 0 Å². The minimum Gasteiger partial charge on any atom is -0.404 e. The van der Waals surface area contributed by atoms with Crippen molar-refractivity contribution in [3.05, 3.63) is 41.1 Å². The molecule has 1 aliphatic heterocycles. The molecule has 6 atom stereocenters. The molecule has 0 spiro atoms. The van der Waals surface area contributed by atoms with E-state index in [1.807, 2.05) is 6.92 Å². The number of anilines is 1. The maximum Gasteiger partial charge on any atom is 0.223 e. The van der Waals surface area contributed by atoms with E-state index in [1.165, 1.54) is 17.3 Å². The second kappa shape index (κ2) is 9.71. The van der Waals surface area contributed by atoms with Crippen LogP contribution in [0.15, 0.2) is 35.0 Å². The molecule has 5 aliphatic rings. The Balaban J connectivity index is 1.43. The highest BCUT2D eigenvalue weighted by Crippen LogP contribution is 2.65. The smallest absolute Gasteiger partial charge is 0.223 e. The maximum absolute atomic E-state index is 12.7. The second-order valence-electron chi connectivity index (χ2n) is 11.9. The first-order chi connectivity index (χ1) is 17.2. The highest BCUT2D eigenvalue weighted by molar-refractivity contribution is 5.96. The summed E-state index contributed by atoms with van der Waals surface area (Å²) in [6.45, 7) is 7.46. The minimum absolute atomic E-state index is 0.0577. The summed E-state index contributed by atoms with van der Waals surface area (Å²) in [5, 5.41) is 0. The Hall–Kier alpha value is -2.58. The van der Waals surface area contributed by atoms with Gasteiger partial charge in [-0.1, -0.05) is 12.1 Å². The summed E-state index contributed by atoms with van der Waals surface area (Å²) in [6, 6.07) is 6.66. The lowest BCUT2D eigenvalue weighted by molar-refractivity contribution is -0.147. The number of hydrogen-bond donors (Lipinski definition) is 4. The van der Waals surface area contributed by atoms with E-state index in [4.69, 9.17) is 27.9 Å². The number of benzene rings is 1. The Kier molecular flexibility index (Phi) is 6.76. The molecule has 1 aromatic rings. The molecule has 4 bridgehead atoms. The van der Waals surface area contributed by atoms with Crippen LogP contribution in [-0.4, -0.2) is 67.4 Å². The molecular weight excluding hydrogens is 450 g/mol. The number of carbonyl (C=O) groups excluding carboxylic acids is 1. The van der Waals surface area contributed by atoms with Crippen LogP contribution < -0.4 is 22.9 Å². The number of primary amides is 1. The number of hydrogen-bond acceptors (Lipinski definition) is 6. The standard InChI is InChI=1S/C28H43N7O/c1-17(16-29)26(31)33-25-20-12-19-13-28(14-20,27(32)36)15-22(25)24(19)21-11-18(3-4-23(21)30)5-6-35-9-7-34(2)8-10-35/h3-4,11,16,19-20,22,24-25H,5-10,12-15,29-30H2,1-2H3,(H2,31,33)(H2,32,36)/b17-16-/t19?,20?,22?,24?,25-,28?/m0/s1. The highest BCUT2D eigenvalue weighted by atomic mass is 16.1. The summed E-state index contributed by atoms with van der Waals surface area (Å²) in [5.74, 6) is 1.52. The lowest BCUT2D eigenvalue weighted by Crippen LogP contribution is -2.60. The van der Waals surface area contributed by atoms with E-state index in [2.05, 4.69) is 35.0 Å². The number of rotatable bonds is 7. The number of aliphatic imine (C=N–C) groups is 1. The van der Waals surface area contributed by atoms with Crippen molar-refractivity contribution in [2.24, 2.45) is 45.4 Å². The number of likely N-dealkylation sites (N-methyl/N-ethyl adjacent to an activating group) is 1. The van der Waals surface area contributed by atoms with Gasteiger partial charge in [0.1, 0.15) is 5.84 Å². The van der Waals surface area contributed by atoms with E-state index in [0.29, 0.717) is 17.7 Å². The van der Waals surface area contributed by atoms with Gasteiger partial charge in [0.05, 0.1) is 6.04 Å². The summed E-state index contributed by atoms with van der Waals surface area (Å²) >= 11 is 0. The van der Waals surface area contributed by atoms with Gasteiger partial charge < -0.3 is 32.7 Å². The Labute approximate surface area is 215 Å². The van der Waals surface area contributed by atoms with E-state index in [-0.39, 0.29) is 23.8 Å². The van der Waals surface area contributed by atoms with E-state index < -0.39 is 5.41 Å². The summed E-state index contributed by atoms with van der Waals surface area (Å²) in [7, 11) is 2.19. The zero-order chi connectivity index (χ0) is 25.6. The van der Waals surface area contributed by atoms with Crippen molar-refractivity contribution in [2.45, 2.75) is 51.0 Å². The predicted molar refractivity (Wildman–Crippen MR) is 145 cm³/mol. The predicted octanol–water partition coefficient (Wildman–Crippen LogP) is 1.65. The monoisotopic (exact) mass is 493 g/mol. The SMILES string of the molecule is C/C(=C/N)C(N)=N[C@H]1C2CC3CC(C(N)=O)(C2)CC1C3c1cc(CCN2CCN(C)CC2)ccc1N. The molecule has 1 heterocycles. The van der Waals surface area contributed by atoms with Crippen LogP contribution in [0.4, 0.5) is 5.69 Å². The average Bonchev–Trinajstić information content (AvgIpc) is 2.86. The molecule has 0 aromatic heterocycles. The summed E-state index contributed by atoms with van der Waals surface area (Å²) in [5.41, 5.74) is 28.5. The van der Waals surface area contributed by atoms with Crippen LogP contribution in [-0.2, 0) is 11.2 Å². The first kappa shape index (κ1) is 25.1. The van der Waals surface area contributed by atoms with Crippen molar-refractivity contribution < 1.29 is 4.79 Å². The van der Waals surface area contributed by atoms with E-state index in [0.717, 1.165) is 76.1 Å². The Morgan fingerprint density at radius 1 is 1.14 bits per heavy atom. The van der Waals surface area contributed by atoms with Gasteiger partial charge >= 0.3 is 0 Å². The Bertz CT molecular complexity index is 1060. The minimum atomic E-state index is -0.415. The highest BCUT2D eigenvalue weighted by Gasteiger charge is 2.62. The number of amides is 1. The van der Waals surface area contributed by atoms with Gasteiger partial charge in [0, 0.05) is 55.6 Å². The molecule has 8 N–H and O–H groups in total. The van der Waals surface area contributed by atoms with Crippen LogP contribution in [0.5, 0.6) is 0 Å². The normalized spacial score (nSPS) is 35.3. The molecule has 5 fully saturated rings. The van der Waals surface area contributed by atoms with Crippen molar-refractivity contribution in [3.63, 3.8) is 0 Å². The van der Waals surface area contributed by atoms with E-state index >= 15 is 0 Å². The number of piperazine rings is 1. The third-order valence-corrected chi connectivity index (χ3v) is 9.72. The molecule has 1 aromatic carbocycles. The molecule has 196 valence electrons. The molecule has 1 amide bonds. The van der Waals surface area contributed by atoms with Crippen molar-refractivity contribution in [3.8, 4) is 0 Å². The van der Waals surface area contributed by atoms with Crippen LogP contribution >= 0.6 is 0 Å². The zero-order valence-electron chi connectivity index (χ0n) is 21.8. The average molecular weight is 494 g/mol. The number of amidine groups is 1. The number of nitrogen functional groups attached to an aromatic ring is 1. The molecule has 4 saturated carbocycles. The Morgan fingerprint density at radius 3 is 2.56 bits per heavy atom. The fraction of sp³-hybridized carbons (Fsp3) is 0.643. The number of nitrogens with zero attached hydrogens (tertiary/aromatic N) is 3. The number of carbonyl (C=O) groups is 1. The quantitative estimate of drug-likeness (QED) is 0.259. The first-order valence-corrected chi connectivity index (χ1v) is 13.5. The van der Waals surface area contributed by atoms with Crippen molar-refractivity contribution in [1.29, 1.82) is 0 Å². The van der Waals surface area contributed by atoms with E-state index in [1.54, 1.807) is 0 Å². The molecule has 4 aliphatic carbocycles. The second-order valence-corrected chi connectivity index (χ2v) is 11.9. The largest absolute Gasteiger partial charge is 0.404 e. The van der Waals surface area contributed by atoms with Gasteiger partial charge in [0.2, 0.25) is 5.91 Å².